The van der Waals surface area contributed by atoms with Gasteiger partial charge in [0.05, 0.1) is 21.8 Å². The number of rotatable bonds is 7. The van der Waals surface area contributed by atoms with Crippen molar-refractivity contribution < 1.29 is 4.74 Å². The summed E-state index contributed by atoms with van der Waals surface area (Å²) >= 11 is 1.78. The maximum atomic E-state index is 5.51. The first-order chi connectivity index (χ1) is 8.83. The minimum Gasteiger partial charge on any atom is -0.380 e. The molecule has 1 aromatic heterocycles. The van der Waals surface area contributed by atoms with E-state index in [2.05, 4.69) is 35.4 Å². The molecule has 0 aliphatic carbocycles. The average Bonchev–Trinajstić information content (AvgIpc) is 2.78. The number of ether oxygens (including phenoxy) is 1. The molecule has 0 saturated heterocycles. The summed E-state index contributed by atoms with van der Waals surface area (Å²) in [5.74, 6) is 0. The summed E-state index contributed by atoms with van der Waals surface area (Å²) in [6.07, 6.45) is 0.938. The van der Waals surface area contributed by atoms with E-state index in [1.165, 1.54) is 9.71 Å². The number of aromatic nitrogens is 1. The van der Waals surface area contributed by atoms with E-state index in [0.29, 0.717) is 6.04 Å². The molecule has 1 aromatic carbocycles. The molecule has 98 valence electrons. The Hall–Kier alpha value is -0.970. The number of likely N-dealkylation sites (N-methyl/N-ethyl adjacent to an activating group) is 1. The molecule has 2 rings (SSSR count). The summed E-state index contributed by atoms with van der Waals surface area (Å²) in [5.41, 5.74) is 1.10. The van der Waals surface area contributed by atoms with Crippen molar-refractivity contribution in [2.45, 2.75) is 26.3 Å². The maximum absolute atomic E-state index is 5.51. The molecule has 0 fully saturated rings. The molecule has 1 atom stereocenters. The quantitative estimate of drug-likeness (QED) is 0.835. The SMILES string of the molecule is CCNC(COCC)Cc1nc2ccccc2s1. The number of hydrogen-bond acceptors (Lipinski definition) is 4. The van der Waals surface area contributed by atoms with Gasteiger partial charge in [0.1, 0.15) is 0 Å². The van der Waals surface area contributed by atoms with Crippen LogP contribution in [0.3, 0.4) is 0 Å². The van der Waals surface area contributed by atoms with Crippen molar-refractivity contribution in [1.82, 2.24) is 10.3 Å². The van der Waals surface area contributed by atoms with Gasteiger partial charge in [0.15, 0.2) is 0 Å². The van der Waals surface area contributed by atoms with Gasteiger partial charge >= 0.3 is 0 Å². The first-order valence-electron chi connectivity index (χ1n) is 6.49. The van der Waals surface area contributed by atoms with E-state index in [1.54, 1.807) is 11.3 Å². The molecular weight excluding hydrogens is 244 g/mol. The summed E-state index contributed by atoms with van der Waals surface area (Å²) < 4.78 is 6.77. The number of hydrogen-bond donors (Lipinski definition) is 1. The van der Waals surface area contributed by atoms with Gasteiger partial charge in [-0.3, -0.25) is 0 Å². The molecule has 3 nitrogen and oxygen atoms in total. The summed E-state index contributed by atoms with van der Waals surface area (Å²) in [4.78, 5) is 4.67. The lowest BCUT2D eigenvalue weighted by Gasteiger charge is -2.16. The highest BCUT2D eigenvalue weighted by Crippen LogP contribution is 2.22. The van der Waals surface area contributed by atoms with Gasteiger partial charge < -0.3 is 10.1 Å². The lowest BCUT2D eigenvalue weighted by Crippen LogP contribution is -2.35. The zero-order valence-corrected chi connectivity index (χ0v) is 11.8. The van der Waals surface area contributed by atoms with Crippen LogP contribution in [-0.2, 0) is 11.2 Å². The summed E-state index contributed by atoms with van der Waals surface area (Å²) in [6.45, 7) is 6.63. The normalized spacial score (nSPS) is 13.0. The van der Waals surface area contributed by atoms with Crippen LogP contribution in [0.15, 0.2) is 24.3 Å². The highest BCUT2D eigenvalue weighted by molar-refractivity contribution is 7.18. The molecule has 1 N–H and O–H groups in total. The van der Waals surface area contributed by atoms with Crippen molar-refractivity contribution in [3.63, 3.8) is 0 Å². The minimum atomic E-state index is 0.357. The molecule has 4 heteroatoms. The van der Waals surface area contributed by atoms with Crippen molar-refractivity contribution >= 4 is 21.6 Å². The topological polar surface area (TPSA) is 34.1 Å². The standard InChI is InChI=1S/C14H20N2OS/c1-3-15-11(10-17-4-2)9-14-16-12-7-5-6-8-13(12)18-14/h5-8,11,15H,3-4,9-10H2,1-2H3. The van der Waals surface area contributed by atoms with Crippen LogP contribution in [0.5, 0.6) is 0 Å². The van der Waals surface area contributed by atoms with Gasteiger partial charge in [-0.1, -0.05) is 19.1 Å². The zero-order valence-electron chi connectivity index (χ0n) is 11.0. The minimum absolute atomic E-state index is 0.357. The largest absolute Gasteiger partial charge is 0.380 e. The van der Waals surface area contributed by atoms with E-state index < -0.39 is 0 Å². The van der Waals surface area contributed by atoms with E-state index in [9.17, 15) is 0 Å². The predicted molar refractivity (Wildman–Crippen MR) is 77.3 cm³/mol. The number of thiazole rings is 1. The zero-order chi connectivity index (χ0) is 12.8. The molecule has 2 aromatic rings. The molecule has 0 spiro atoms. The Balaban J connectivity index is 2.05. The second-order valence-electron chi connectivity index (χ2n) is 4.19. The molecule has 0 aliphatic rings. The molecule has 1 unspecified atom stereocenters. The number of nitrogens with one attached hydrogen (secondary N) is 1. The van der Waals surface area contributed by atoms with Crippen LogP contribution in [-0.4, -0.2) is 30.8 Å². The molecule has 1 heterocycles. The molecule has 0 amide bonds. The smallest absolute Gasteiger partial charge is 0.0955 e. The van der Waals surface area contributed by atoms with Crippen LogP contribution in [0.1, 0.15) is 18.9 Å². The van der Waals surface area contributed by atoms with Crippen LogP contribution < -0.4 is 5.32 Å². The Morgan fingerprint density at radius 2 is 2.17 bits per heavy atom. The van der Waals surface area contributed by atoms with Crippen LogP contribution in [0.25, 0.3) is 10.2 Å². The highest BCUT2D eigenvalue weighted by Gasteiger charge is 2.11. The lowest BCUT2D eigenvalue weighted by atomic mass is 10.2. The number of para-hydroxylation sites is 1. The fourth-order valence-corrected chi connectivity index (χ4v) is 3.00. The molecule has 18 heavy (non-hydrogen) atoms. The monoisotopic (exact) mass is 264 g/mol. The first kappa shape index (κ1) is 13.5. The number of nitrogens with zero attached hydrogens (tertiary/aromatic N) is 1. The average molecular weight is 264 g/mol. The van der Waals surface area contributed by atoms with E-state index in [0.717, 1.165) is 31.7 Å². The van der Waals surface area contributed by atoms with Crippen LogP contribution >= 0.6 is 11.3 Å². The van der Waals surface area contributed by atoms with E-state index in [-0.39, 0.29) is 0 Å². The Kier molecular flexibility index (Phi) is 5.11. The number of benzene rings is 1. The Bertz CT molecular complexity index is 450. The molecular formula is C14H20N2OS. The second-order valence-corrected chi connectivity index (χ2v) is 5.31. The van der Waals surface area contributed by atoms with Crippen molar-refractivity contribution in [1.29, 1.82) is 0 Å². The third kappa shape index (κ3) is 3.51. The van der Waals surface area contributed by atoms with Gasteiger partial charge in [-0.2, -0.15) is 0 Å². The fraction of sp³-hybridized carbons (Fsp3) is 0.500. The Labute approximate surface area is 112 Å². The highest BCUT2D eigenvalue weighted by atomic mass is 32.1. The van der Waals surface area contributed by atoms with Gasteiger partial charge in [0.2, 0.25) is 0 Å². The second kappa shape index (κ2) is 6.83. The summed E-state index contributed by atoms with van der Waals surface area (Å²) in [6, 6.07) is 8.65. The maximum Gasteiger partial charge on any atom is 0.0955 e. The van der Waals surface area contributed by atoms with E-state index in [1.807, 2.05) is 13.0 Å². The molecule has 0 aliphatic heterocycles. The number of fused-ring (bicyclic) bond motifs is 1. The predicted octanol–water partition coefficient (Wildman–Crippen LogP) is 2.85. The third-order valence-corrected chi connectivity index (χ3v) is 3.83. The van der Waals surface area contributed by atoms with Crippen LogP contribution in [0.4, 0.5) is 0 Å². The Morgan fingerprint density at radius 3 is 2.89 bits per heavy atom. The van der Waals surface area contributed by atoms with Gasteiger partial charge in [-0.15, -0.1) is 11.3 Å². The van der Waals surface area contributed by atoms with Crippen molar-refractivity contribution in [3.8, 4) is 0 Å². The van der Waals surface area contributed by atoms with Crippen molar-refractivity contribution in [2.24, 2.45) is 0 Å². The molecule has 0 saturated carbocycles. The van der Waals surface area contributed by atoms with Crippen LogP contribution in [0.2, 0.25) is 0 Å². The summed E-state index contributed by atoms with van der Waals surface area (Å²) in [7, 11) is 0. The van der Waals surface area contributed by atoms with E-state index >= 15 is 0 Å². The first-order valence-corrected chi connectivity index (χ1v) is 7.30. The van der Waals surface area contributed by atoms with Gasteiger partial charge in [-0.25, -0.2) is 4.98 Å². The fourth-order valence-electron chi connectivity index (χ4n) is 1.96. The van der Waals surface area contributed by atoms with Gasteiger partial charge in [-0.05, 0) is 25.6 Å². The Morgan fingerprint density at radius 1 is 1.33 bits per heavy atom. The summed E-state index contributed by atoms with van der Waals surface area (Å²) in [5, 5.41) is 4.63. The van der Waals surface area contributed by atoms with Crippen molar-refractivity contribution in [2.75, 3.05) is 19.8 Å². The van der Waals surface area contributed by atoms with E-state index in [4.69, 9.17) is 4.74 Å². The van der Waals surface area contributed by atoms with Gasteiger partial charge in [0, 0.05) is 19.1 Å². The van der Waals surface area contributed by atoms with Crippen LogP contribution in [0, 0.1) is 0 Å². The van der Waals surface area contributed by atoms with Crippen molar-refractivity contribution in [3.05, 3.63) is 29.3 Å². The van der Waals surface area contributed by atoms with Gasteiger partial charge in [0.25, 0.3) is 0 Å². The molecule has 0 radical (unpaired) electrons. The molecule has 0 bridgehead atoms. The third-order valence-electron chi connectivity index (χ3n) is 2.78. The lowest BCUT2D eigenvalue weighted by molar-refractivity contribution is 0.123.